The molecule has 1 saturated heterocycles. The summed E-state index contributed by atoms with van der Waals surface area (Å²) in [6.07, 6.45) is 1.55. The van der Waals surface area contributed by atoms with Gasteiger partial charge in [0.15, 0.2) is 6.20 Å². The van der Waals surface area contributed by atoms with Crippen LogP contribution in [0.15, 0.2) is 42.6 Å². The van der Waals surface area contributed by atoms with E-state index in [4.69, 9.17) is 4.74 Å². The van der Waals surface area contributed by atoms with Crippen LogP contribution in [0.4, 0.5) is 15.9 Å². The molecule has 0 N–H and O–H groups in total. The first-order valence-corrected chi connectivity index (χ1v) is 8.08. The molecule has 7 nitrogen and oxygen atoms in total. The molecule has 132 valence electrons. The third kappa shape index (κ3) is 4.63. The van der Waals surface area contributed by atoms with E-state index >= 15 is 0 Å². The number of ether oxygens (including phenoxy) is 1. The minimum absolute atomic E-state index is 0.139. The Bertz CT molecular complexity index is 701. The van der Waals surface area contributed by atoms with Gasteiger partial charge >= 0.3 is 5.82 Å². The van der Waals surface area contributed by atoms with Crippen LogP contribution in [-0.4, -0.2) is 54.1 Å². The lowest BCUT2D eigenvalue weighted by molar-refractivity contribution is -0.389. The standard InChI is InChI=1S/C17H19FN4O3/c18-14-1-4-16(5-2-14)25-12-11-20-7-9-21(10-8-20)15-3-6-17(19-13-15)22(23)24/h1-6,13H,7-12H2. The van der Waals surface area contributed by atoms with Crippen LogP contribution in [0, 0.1) is 15.9 Å². The number of pyridine rings is 1. The summed E-state index contributed by atoms with van der Waals surface area (Å²) < 4.78 is 18.4. The zero-order valence-electron chi connectivity index (χ0n) is 13.7. The van der Waals surface area contributed by atoms with E-state index in [-0.39, 0.29) is 11.6 Å². The molecule has 1 aromatic heterocycles. The van der Waals surface area contributed by atoms with Gasteiger partial charge in [-0.05, 0) is 40.2 Å². The molecule has 0 unspecified atom stereocenters. The van der Waals surface area contributed by atoms with E-state index in [1.54, 1.807) is 24.4 Å². The molecule has 0 radical (unpaired) electrons. The number of benzene rings is 1. The molecular weight excluding hydrogens is 327 g/mol. The molecule has 25 heavy (non-hydrogen) atoms. The van der Waals surface area contributed by atoms with Crippen LogP contribution in [0.3, 0.4) is 0 Å². The monoisotopic (exact) mass is 346 g/mol. The Hall–Kier alpha value is -2.74. The average molecular weight is 346 g/mol. The summed E-state index contributed by atoms with van der Waals surface area (Å²) in [4.78, 5) is 18.5. The van der Waals surface area contributed by atoms with Crippen molar-refractivity contribution >= 4 is 11.5 Å². The van der Waals surface area contributed by atoms with E-state index in [9.17, 15) is 14.5 Å². The molecule has 1 aliphatic heterocycles. The van der Waals surface area contributed by atoms with Crippen molar-refractivity contribution < 1.29 is 14.1 Å². The van der Waals surface area contributed by atoms with E-state index in [2.05, 4.69) is 14.8 Å². The lowest BCUT2D eigenvalue weighted by Gasteiger charge is -2.35. The zero-order chi connectivity index (χ0) is 17.6. The fraction of sp³-hybridized carbons (Fsp3) is 0.353. The van der Waals surface area contributed by atoms with Gasteiger partial charge < -0.3 is 19.8 Å². The second-order valence-electron chi connectivity index (χ2n) is 5.76. The molecule has 2 aromatic rings. The predicted molar refractivity (Wildman–Crippen MR) is 91.4 cm³/mol. The van der Waals surface area contributed by atoms with Gasteiger partial charge in [0.2, 0.25) is 0 Å². The first kappa shape index (κ1) is 17.1. The highest BCUT2D eigenvalue weighted by Crippen LogP contribution is 2.18. The van der Waals surface area contributed by atoms with Crippen molar-refractivity contribution in [1.29, 1.82) is 0 Å². The highest BCUT2D eigenvalue weighted by atomic mass is 19.1. The predicted octanol–water partition coefficient (Wildman–Crippen LogP) is 2.33. The molecular formula is C17H19FN4O3. The fourth-order valence-electron chi connectivity index (χ4n) is 2.73. The van der Waals surface area contributed by atoms with Crippen molar-refractivity contribution in [3.8, 4) is 5.75 Å². The number of piperazine rings is 1. The zero-order valence-corrected chi connectivity index (χ0v) is 13.7. The van der Waals surface area contributed by atoms with Crippen molar-refractivity contribution in [3.05, 3.63) is 58.5 Å². The van der Waals surface area contributed by atoms with Crippen LogP contribution < -0.4 is 9.64 Å². The number of aromatic nitrogens is 1. The Labute approximate surface area is 144 Å². The largest absolute Gasteiger partial charge is 0.492 e. The number of nitrogens with zero attached hydrogens (tertiary/aromatic N) is 4. The number of rotatable bonds is 6. The van der Waals surface area contributed by atoms with Crippen LogP contribution in [-0.2, 0) is 0 Å². The summed E-state index contributed by atoms with van der Waals surface area (Å²) in [5.74, 6) is 0.251. The Balaban J connectivity index is 1.42. The molecule has 0 amide bonds. The maximum atomic E-state index is 12.8. The highest BCUT2D eigenvalue weighted by Gasteiger charge is 2.18. The van der Waals surface area contributed by atoms with Gasteiger partial charge in [-0.15, -0.1) is 0 Å². The lowest BCUT2D eigenvalue weighted by atomic mass is 10.2. The topological polar surface area (TPSA) is 71.7 Å². The van der Waals surface area contributed by atoms with E-state index < -0.39 is 4.92 Å². The Kier molecular flexibility index (Phi) is 5.39. The van der Waals surface area contributed by atoms with Crippen molar-refractivity contribution in [2.75, 3.05) is 44.2 Å². The van der Waals surface area contributed by atoms with Crippen LogP contribution >= 0.6 is 0 Å². The van der Waals surface area contributed by atoms with Crippen molar-refractivity contribution in [2.45, 2.75) is 0 Å². The maximum absolute atomic E-state index is 12.8. The van der Waals surface area contributed by atoms with Crippen molar-refractivity contribution in [1.82, 2.24) is 9.88 Å². The third-order valence-corrected chi connectivity index (χ3v) is 4.15. The van der Waals surface area contributed by atoms with Crippen LogP contribution in [0.25, 0.3) is 0 Å². The molecule has 3 rings (SSSR count). The first-order valence-electron chi connectivity index (χ1n) is 8.08. The molecule has 1 aliphatic rings. The molecule has 8 heteroatoms. The van der Waals surface area contributed by atoms with Crippen LogP contribution in [0.5, 0.6) is 5.75 Å². The Morgan fingerprint density at radius 2 is 1.84 bits per heavy atom. The smallest absolute Gasteiger partial charge is 0.363 e. The maximum Gasteiger partial charge on any atom is 0.363 e. The summed E-state index contributed by atoms with van der Waals surface area (Å²) >= 11 is 0. The molecule has 0 aliphatic carbocycles. The summed E-state index contributed by atoms with van der Waals surface area (Å²) in [6, 6.07) is 9.17. The third-order valence-electron chi connectivity index (χ3n) is 4.15. The van der Waals surface area contributed by atoms with Gasteiger partial charge in [-0.1, -0.05) is 0 Å². The lowest BCUT2D eigenvalue weighted by Crippen LogP contribution is -2.47. The molecule has 0 atom stereocenters. The van der Waals surface area contributed by atoms with Crippen molar-refractivity contribution in [2.24, 2.45) is 0 Å². The summed E-state index contributed by atoms with van der Waals surface area (Å²) in [5.41, 5.74) is 0.896. The number of hydrogen-bond donors (Lipinski definition) is 0. The second kappa shape index (κ2) is 7.89. The molecule has 1 fully saturated rings. The summed E-state index contributed by atoms with van der Waals surface area (Å²) in [6.45, 7) is 4.76. The SMILES string of the molecule is O=[N+]([O-])c1ccc(N2CCN(CCOc3ccc(F)cc3)CC2)cn1. The number of anilines is 1. The van der Waals surface area contributed by atoms with Crippen LogP contribution in [0.2, 0.25) is 0 Å². The van der Waals surface area contributed by atoms with Gasteiger partial charge in [0.1, 0.15) is 18.2 Å². The quantitative estimate of drug-likeness (QED) is 0.590. The molecule has 1 aromatic carbocycles. The van der Waals surface area contributed by atoms with Gasteiger partial charge in [-0.25, -0.2) is 4.39 Å². The molecule has 2 heterocycles. The van der Waals surface area contributed by atoms with Crippen molar-refractivity contribution in [3.63, 3.8) is 0 Å². The summed E-state index contributed by atoms with van der Waals surface area (Å²) in [7, 11) is 0. The molecule has 0 bridgehead atoms. The van der Waals surface area contributed by atoms with Gasteiger partial charge in [0, 0.05) is 38.8 Å². The number of halogens is 1. The van der Waals surface area contributed by atoms with Gasteiger partial charge in [0.25, 0.3) is 0 Å². The average Bonchev–Trinajstić information content (AvgIpc) is 2.64. The van der Waals surface area contributed by atoms with E-state index in [1.165, 1.54) is 18.2 Å². The normalized spacial score (nSPS) is 15.2. The second-order valence-corrected chi connectivity index (χ2v) is 5.76. The van der Waals surface area contributed by atoms with E-state index in [0.29, 0.717) is 12.4 Å². The van der Waals surface area contributed by atoms with Crippen LogP contribution in [0.1, 0.15) is 0 Å². The molecule has 0 saturated carbocycles. The minimum atomic E-state index is -0.497. The highest BCUT2D eigenvalue weighted by molar-refractivity contribution is 5.46. The Morgan fingerprint density at radius 1 is 1.12 bits per heavy atom. The van der Waals surface area contributed by atoms with Gasteiger partial charge in [-0.3, -0.25) is 4.90 Å². The Morgan fingerprint density at radius 3 is 2.44 bits per heavy atom. The van der Waals surface area contributed by atoms with E-state index in [1.807, 2.05) is 0 Å². The van der Waals surface area contributed by atoms with E-state index in [0.717, 1.165) is 38.4 Å². The minimum Gasteiger partial charge on any atom is -0.492 e. The van der Waals surface area contributed by atoms with Gasteiger partial charge in [0.05, 0.1) is 5.69 Å². The van der Waals surface area contributed by atoms with Gasteiger partial charge in [-0.2, -0.15) is 0 Å². The fourth-order valence-corrected chi connectivity index (χ4v) is 2.73. The summed E-state index contributed by atoms with van der Waals surface area (Å²) in [5, 5.41) is 10.6. The first-order chi connectivity index (χ1) is 12.1. The number of nitro groups is 1. The number of hydrogen-bond acceptors (Lipinski definition) is 6. The molecule has 0 spiro atoms.